The summed E-state index contributed by atoms with van der Waals surface area (Å²) < 4.78 is 26.0. The van der Waals surface area contributed by atoms with Gasteiger partial charge in [0, 0.05) is 13.0 Å². The number of carbonyl (C=O) groups excluding carboxylic acids is 2. The summed E-state index contributed by atoms with van der Waals surface area (Å²) >= 11 is 0. The van der Waals surface area contributed by atoms with Crippen molar-refractivity contribution >= 4 is 11.8 Å². The van der Waals surface area contributed by atoms with Crippen LogP contribution in [0, 0.1) is 24.0 Å². The lowest BCUT2D eigenvalue weighted by atomic mass is 10.1. The third kappa shape index (κ3) is 1.86. The molecule has 2 amide bonds. The number of fused-ring (bicyclic) bond motifs is 1. The van der Waals surface area contributed by atoms with E-state index in [0.29, 0.717) is 12.8 Å². The van der Waals surface area contributed by atoms with E-state index in [2.05, 4.69) is 5.92 Å². The van der Waals surface area contributed by atoms with E-state index in [0.717, 1.165) is 17.0 Å². The molecule has 0 atom stereocenters. The molecule has 3 nitrogen and oxygen atoms in total. The van der Waals surface area contributed by atoms with Crippen molar-refractivity contribution < 1.29 is 18.4 Å². The molecule has 1 aromatic carbocycles. The molecule has 0 saturated carbocycles. The first-order valence-electron chi connectivity index (χ1n) is 5.35. The second-order valence-electron chi connectivity index (χ2n) is 3.88. The van der Waals surface area contributed by atoms with Gasteiger partial charge >= 0.3 is 0 Å². The molecule has 1 aliphatic heterocycles. The van der Waals surface area contributed by atoms with Crippen molar-refractivity contribution in [2.75, 3.05) is 6.54 Å². The fraction of sp³-hybridized carbons (Fsp3) is 0.231. The van der Waals surface area contributed by atoms with E-state index in [9.17, 15) is 18.4 Å². The van der Waals surface area contributed by atoms with Gasteiger partial charge in [0.1, 0.15) is 0 Å². The molecule has 0 radical (unpaired) electrons. The normalized spacial score (nSPS) is 13.7. The molecular formula is C13H9F2NO2. The molecule has 0 aliphatic carbocycles. The average Bonchev–Trinajstić information content (AvgIpc) is 2.56. The minimum absolute atomic E-state index is 0.0976. The van der Waals surface area contributed by atoms with Crippen LogP contribution in [0.15, 0.2) is 12.1 Å². The Morgan fingerprint density at radius 2 is 1.61 bits per heavy atom. The summed E-state index contributed by atoms with van der Waals surface area (Å²) in [5.41, 5.74) is -0.195. The zero-order valence-electron chi connectivity index (χ0n) is 9.37. The Morgan fingerprint density at radius 3 is 2.06 bits per heavy atom. The monoisotopic (exact) mass is 249 g/mol. The van der Waals surface area contributed by atoms with Gasteiger partial charge in [0.15, 0.2) is 11.6 Å². The second kappa shape index (κ2) is 4.57. The minimum atomic E-state index is -1.14. The predicted octanol–water partition coefficient (Wildman–Crippen LogP) is 1.97. The van der Waals surface area contributed by atoms with Gasteiger partial charge in [-0.2, -0.15) is 0 Å². The van der Waals surface area contributed by atoms with Gasteiger partial charge in [-0.3, -0.25) is 14.5 Å². The van der Waals surface area contributed by atoms with Gasteiger partial charge in [-0.25, -0.2) is 8.78 Å². The zero-order valence-corrected chi connectivity index (χ0v) is 9.37. The number of hydrogen-bond donors (Lipinski definition) is 0. The third-order valence-corrected chi connectivity index (χ3v) is 2.71. The molecule has 2 rings (SSSR count). The fourth-order valence-corrected chi connectivity index (χ4v) is 1.83. The van der Waals surface area contributed by atoms with Gasteiger partial charge in [-0.15, -0.1) is 12.3 Å². The Labute approximate surface area is 102 Å². The van der Waals surface area contributed by atoms with E-state index in [1.54, 1.807) is 0 Å². The van der Waals surface area contributed by atoms with Crippen LogP contribution in [0.3, 0.4) is 0 Å². The number of imide groups is 1. The van der Waals surface area contributed by atoms with E-state index >= 15 is 0 Å². The van der Waals surface area contributed by atoms with Crippen LogP contribution in [0.5, 0.6) is 0 Å². The van der Waals surface area contributed by atoms with Gasteiger partial charge in [-0.05, 0) is 18.6 Å². The highest BCUT2D eigenvalue weighted by molar-refractivity contribution is 6.21. The van der Waals surface area contributed by atoms with Crippen molar-refractivity contribution in [2.24, 2.45) is 0 Å². The first-order valence-corrected chi connectivity index (χ1v) is 5.35. The summed E-state index contributed by atoms with van der Waals surface area (Å²) in [6.07, 6.45) is 5.96. The standard InChI is InChI=1S/C13H9F2NO2/c1-2-3-4-5-16-12(17)8-6-10(14)11(15)7-9(8)13(16)18/h1,6-7H,3-5H2. The van der Waals surface area contributed by atoms with E-state index < -0.39 is 23.4 Å². The number of carbonyl (C=O) groups is 2. The molecule has 92 valence electrons. The Balaban J connectivity index is 2.30. The molecule has 1 aromatic rings. The molecule has 0 bridgehead atoms. The average molecular weight is 249 g/mol. The Bertz CT molecular complexity index is 534. The van der Waals surface area contributed by atoms with E-state index in [4.69, 9.17) is 6.42 Å². The number of terminal acetylenes is 1. The first kappa shape index (κ1) is 12.2. The summed E-state index contributed by atoms with van der Waals surface area (Å²) in [6, 6.07) is 1.51. The van der Waals surface area contributed by atoms with Crippen LogP contribution in [-0.2, 0) is 0 Å². The van der Waals surface area contributed by atoms with Gasteiger partial charge in [0.2, 0.25) is 0 Å². The fourth-order valence-electron chi connectivity index (χ4n) is 1.83. The summed E-state index contributed by atoms with van der Waals surface area (Å²) in [6.45, 7) is 0.153. The van der Waals surface area contributed by atoms with Crippen LogP contribution < -0.4 is 0 Å². The van der Waals surface area contributed by atoms with Crippen molar-refractivity contribution in [1.82, 2.24) is 4.90 Å². The molecule has 0 aromatic heterocycles. The molecule has 5 heteroatoms. The van der Waals surface area contributed by atoms with Gasteiger partial charge in [0.05, 0.1) is 11.1 Å². The van der Waals surface area contributed by atoms with Crippen LogP contribution in [0.4, 0.5) is 8.78 Å². The summed E-state index contributed by atoms with van der Waals surface area (Å²) in [5.74, 6) is -1.10. The number of nitrogens with zero attached hydrogens (tertiary/aromatic N) is 1. The smallest absolute Gasteiger partial charge is 0.261 e. The summed E-state index contributed by atoms with van der Waals surface area (Å²) in [5, 5.41) is 0. The van der Waals surface area contributed by atoms with E-state index in [1.165, 1.54) is 0 Å². The molecule has 1 heterocycles. The number of hydrogen-bond acceptors (Lipinski definition) is 2. The maximum absolute atomic E-state index is 13.0. The lowest BCUT2D eigenvalue weighted by Crippen LogP contribution is -2.30. The van der Waals surface area contributed by atoms with Crippen molar-refractivity contribution in [2.45, 2.75) is 12.8 Å². The van der Waals surface area contributed by atoms with Crippen LogP contribution in [0.2, 0.25) is 0 Å². The maximum atomic E-state index is 13.0. The number of unbranched alkanes of at least 4 members (excludes halogenated alkanes) is 1. The van der Waals surface area contributed by atoms with Crippen LogP contribution >= 0.6 is 0 Å². The van der Waals surface area contributed by atoms with Crippen LogP contribution in [0.25, 0.3) is 0 Å². The summed E-state index contributed by atoms with van der Waals surface area (Å²) in [4.78, 5) is 24.6. The number of benzene rings is 1. The largest absolute Gasteiger partial charge is 0.274 e. The second-order valence-corrected chi connectivity index (χ2v) is 3.88. The quantitative estimate of drug-likeness (QED) is 0.466. The third-order valence-electron chi connectivity index (χ3n) is 2.71. The highest BCUT2D eigenvalue weighted by atomic mass is 19.2. The number of halogens is 2. The lowest BCUT2D eigenvalue weighted by Gasteiger charge is -2.12. The first-order chi connectivity index (χ1) is 8.56. The highest BCUT2D eigenvalue weighted by Crippen LogP contribution is 2.25. The van der Waals surface area contributed by atoms with Gasteiger partial charge < -0.3 is 0 Å². The Hall–Kier alpha value is -2.22. The molecule has 18 heavy (non-hydrogen) atoms. The van der Waals surface area contributed by atoms with E-state index in [-0.39, 0.29) is 17.7 Å². The van der Waals surface area contributed by atoms with Gasteiger partial charge in [-0.1, -0.05) is 0 Å². The predicted molar refractivity (Wildman–Crippen MR) is 59.8 cm³/mol. The van der Waals surface area contributed by atoms with Crippen molar-refractivity contribution in [3.63, 3.8) is 0 Å². The molecular weight excluding hydrogens is 240 g/mol. The molecule has 1 aliphatic rings. The molecule has 0 unspecified atom stereocenters. The molecule has 0 fully saturated rings. The minimum Gasteiger partial charge on any atom is -0.274 e. The Kier molecular flexibility index (Phi) is 3.11. The SMILES string of the molecule is C#CCCCN1C(=O)c2cc(F)c(F)cc2C1=O. The lowest BCUT2D eigenvalue weighted by molar-refractivity contribution is 0.0653. The molecule has 0 spiro atoms. The highest BCUT2D eigenvalue weighted by Gasteiger charge is 2.36. The van der Waals surface area contributed by atoms with Crippen LogP contribution in [-0.4, -0.2) is 23.3 Å². The van der Waals surface area contributed by atoms with Crippen LogP contribution in [0.1, 0.15) is 33.6 Å². The number of rotatable bonds is 3. The molecule has 0 N–H and O–H groups in total. The zero-order chi connectivity index (χ0) is 13.3. The Morgan fingerprint density at radius 1 is 1.11 bits per heavy atom. The van der Waals surface area contributed by atoms with Crippen molar-refractivity contribution in [3.05, 3.63) is 34.9 Å². The molecule has 0 saturated heterocycles. The maximum Gasteiger partial charge on any atom is 0.261 e. The number of amides is 2. The van der Waals surface area contributed by atoms with E-state index in [1.807, 2.05) is 0 Å². The van der Waals surface area contributed by atoms with Crippen molar-refractivity contribution in [1.29, 1.82) is 0 Å². The topological polar surface area (TPSA) is 37.4 Å². The van der Waals surface area contributed by atoms with Gasteiger partial charge in [0.25, 0.3) is 11.8 Å². The summed E-state index contributed by atoms with van der Waals surface area (Å²) in [7, 11) is 0. The van der Waals surface area contributed by atoms with Crippen molar-refractivity contribution in [3.8, 4) is 12.3 Å².